The van der Waals surface area contributed by atoms with Gasteiger partial charge in [-0.25, -0.2) is 10.4 Å². The van der Waals surface area contributed by atoms with Gasteiger partial charge in [-0.1, -0.05) is 49.4 Å². The van der Waals surface area contributed by atoms with E-state index in [1.54, 1.807) is 5.01 Å². The highest BCUT2D eigenvalue weighted by Gasteiger charge is 2.52. The smallest absolute Gasteiger partial charge is 0.246 e. The van der Waals surface area contributed by atoms with Gasteiger partial charge in [-0.2, -0.15) is 0 Å². The number of carbonyl (C=O) groups excluding carboxylic acids is 1. The summed E-state index contributed by atoms with van der Waals surface area (Å²) in [6.45, 7) is 2.06. The van der Waals surface area contributed by atoms with E-state index in [1.165, 1.54) is 11.1 Å². The number of aryl methyl sites for hydroxylation is 1. The second-order valence-electron chi connectivity index (χ2n) is 6.32. The van der Waals surface area contributed by atoms with E-state index in [1.807, 2.05) is 30.3 Å². The Hall–Kier alpha value is -2.13. The molecule has 4 rings (SSSR count). The van der Waals surface area contributed by atoms with Gasteiger partial charge in [-0.3, -0.25) is 4.79 Å². The third-order valence-electron chi connectivity index (χ3n) is 5.17. The SMILES string of the molecule is C[C@H]1C(=O)N(c2ccccc2)N[C@@]12CCCc1ccccc12. The first-order valence-electron chi connectivity index (χ1n) is 7.97. The van der Waals surface area contributed by atoms with Crippen molar-refractivity contribution in [3.8, 4) is 0 Å². The molecule has 1 fully saturated rings. The summed E-state index contributed by atoms with van der Waals surface area (Å²) in [5.74, 6) is 0.0945. The fourth-order valence-electron chi connectivity index (χ4n) is 3.96. The second kappa shape index (κ2) is 4.96. The Morgan fingerprint density at radius 2 is 1.82 bits per heavy atom. The minimum atomic E-state index is -0.262. The first-order valence-corrected chi connectivity index (χ1v) is 7.97. The van der Waals surface area contributed by atoms with Crippen molar-refractivity contribution < 1.29 is 4.79 Å². The summed E-state index contributed by atoms with van der Waals surface area (Å²) in [5.41, 5.74) is 6.88. The zero-order valence-electron chi connectivity index (χ0n) is 12.8. The Morgan fingerprint density at radius 3 is 2.64 bits per heavy atom. The molecular formula is C19H20N2O. The molecule has 0 radical (unpaired) electrons. The zero-order valence-corrected chi connectivity index (χ0v) is 12.8. The summed E-state index contributed by atoms with van der Waals surface area (Å²) in [7, 11) is 0. The van der Waals surface area contributed by atoms with Crippen molar-refractivity contribution in [2.45, 2.75) is 31.7 Å². The molecule has 22 heavy (non-hydrogen) atoms. The predicted octanol–water partition coefficient (Wildman–Crippen LogP) is 3.41. The predicted molar refractivity (Wildman–Crippen MR) is 87.3 cm³/mol. The average molecular weight is 292 g/mol. The normalized spacial score (nSPS) is 27.2. The molecule has 2 aromatic rings. The molecule has 1 spiro atoms. The number of hydrazine groups is 1. The van der Waals surface area contributed by atoms with Gasteiger partial charge in [0.2, 0.25) is 5.91 Å². The van der Waals surface area contributed by atoms with Crippen LogP contribution in [0.15, 0.2) is 54.6 Å². The number of para-hydroxylation sites is 1. The van der Waals surface area contributed by atoms with Gasteiger partial charge in [0.15, 0.2) is 0 Å². The molecule has 1 saturated heterocycles. The van der Waals surface area contributed by atoms with Crippen LogP contribution in [0.1, 0.15) is 30.9 Å². The molecule has 1 N–H and O–H groups in total. The molecule has 3 nitrogen and oxygen atoms in total. The van der Waals surface area contributed by atoms with Crippen LogP contribution < -0.4 is 10.4 Å². The molecule has 2 aliphatic rings. The summed E-state index contributed by atoms with van der Waals surface area (Å²) in [6.07, 6.45) is 3.22. The minimum absolute atomic E-state index is 0.0610. The molecule has 3 heteroatoms. The molecule has 0 unspecified atom stereocenters. The Balaban J connectivity index is 1.80. The van der Waals surface area contributed by atoms with Crippen LogP contribution in [0.3, 0.4) is 0 Å². The summed E-state index contributed by atoms with van der Waals surface area (Å²) >= 11 is 0. The highest BCUT2D eigenvalue weighted by Crippen LogP contribution is 2.45. The molecule has 0 bridgehead atoms. The van der Waals surface area contributed by atoms with E-state index >= 15 is 0 Å². The Morgan fingerprint density at radius 1 is 1.09 bits per heavy atom. The van der Waals surface area contributed by atoms with Crippen molar-refractivity contribution in [2.75, 3.05) is 5.01 Å². The lowest BCUT2D eigenvalue weighted by atomic mass is 9.71. The van der Waals surface area contributed by atoms with Crippen molar-refractivity contribution in [3.63, 3.8) is 0 Å². The van der Waals surface area contributed by atoms with Gasteiger partial charge in [0, 0.05) is 0 Å². The third-order valence-corrected chi connectivity index (χ3v) is 5.17. The number of carbonyl (C=O) groups is 1. The van der Waals surface area contributed by atoms with Crippen molar-refractivity contribution >= 4 is 11.6 Å². The highest BCUT2D eigenvalue weighted by molar-refractivity contribution is 5.97. The molecule has 2 atom stereocenters. The number of amides is 1. The number of anilines is 1. The number of nitrogens with one attached hydrogen (secondary N) is 1. The standard InChI is InChI=1S/C19H20N2O/c1-14-18(22)21(16-10-3-2-4-11-16)20-19(14)13-7-9-15-8-5-6-12-17(15)19/h2-6,8,10-12,14,20H,7,9,13H2,1H3/t14-,19-/m0/s1. The van der Waals surface area contributed by atoms with E-state index in [2.05, 4.69) is 36.6 Å². The molecule has 1 aliphatic carbocycles. The number of hydrogen-bond donors (Lipinski definition) is 1. The molecule has 2 aromatic carbocycles. The number of hydrogen-bond acceptors (Lipinski definition) is 2. The molecular weight excluding hydrogens is 272 g/mol. The summed E-state index contributed by atoms with van der Waals surface area (Å²) in [6, 6.07) is 18.4. The lowest BCUT2D eigenvalue weighted by molar-refractivity contribution is -0.120. The first kappa shape index (κ1) is 13.5. The second-order valence-corrected chi connectivity index (χ2v) is 6.32. The van der Waals surface area contributed by atoms with Crippen LogP contribution in [-0.2, 0) is 16.8 Å². The van der Waals surface area contributed by atoms with Crippen LogP contribution in [0.2, 0.25) is 0 Å². The molecule has 1 aliphatic heterocycles. The van der Waals surface area contributed by atoms with Crippen LogP contribution in [0.4, 0.5) is 5.69 Å². The zero-order chi connectivity index (χ0) is 15.2. The average Bonchev–Trinajstić information content (AvgIpc) is 2.82. The number of benzene rings is 2. The lowest BCUT2D eigenvalue weighted by Gasteiger charge is -2.38. The van der Waals surface area contributed by atoms with Gasteiger partial charge < -0.3 is 0 Å². The highest BCUT2D eigenvalue weighted by atomic mass is 16.2. The molecule has 1 amide bonds. The van der Waals surface area contributed by atoms with E-state index in [-0.39, 0.29) is 17.4 Å². The number of nitrogens with zero attached hydrogens (tertiary/aromatic N) is 1. The van der Waals surface area contributed by atoms with E-state index < -0.39 is 0 Å². The summed E-state index contributed by atoms with van der Waals surface area (Å²) in [5, 5.41) is 1.74. The van der Waals surface area contributed by atoms with Gasteiger partial charge in [0.05, 0.1) is 17.1 Å². The van der Waals surface area contributed by atoms with Gasteiger partial charge in [0.25, 0.3) is 0 Å². The van der Waals surface area contributed by atoms with Crippen LogP contribution in [-0.4, -0.2) is 5.91 Å². The van der Waals surface area contributed by atoms with Gasteiger partial charge in [-0.05, 0) is 42.5 Å². The van der Waals surface area contributed by atoms with Crippen molar-refractivity contribution in [2.24, 2.45) is 5.92 Å². The van der Waals surface area contributed by atoms with Crippen LogP contribution in [0, 0.1) is 5.92 Å². The van der Waals surface area contributed by atoms with E-state index in [0.717, 1.165) is 24.9 Å². The lowest BCUT2D eigenvalue weighted by Crippen LogP contribution is -2.47. The Labute approximate surface area is 130 Å². The Bertz CT molecular complexity index is 712. The van der Waals surface area contributed by atoms with Gasteiger partial charge in [0.1, 0.15) is 0 Å². The van der Waals surface area contributed by atoms with E-state index in [9.17, 15) is 4.79 Å². The van der Waals surface area contributed by atoms with Crippen LogP contribution >= 0.6 is 0 Å². The van der Waals surface area contributed by atoms with Gasteiger partial charge >= 0.3 is 0 Å². The minimum Gasteiger partial charge on any atom is -0.273 e. The monoisotopic (exact) mass is 292 g/mol. The molecule has 0 aromatic heterocycles. The number of fused-ring (bicyclic) bond motifs is 2. The molecule has 112 valence electrons. The topological polar surface area (TPSA) is 32.3 Å². The van der Waals surface area contributed by atoms with Crippen molar-refractivity contribution in [1.29, 1.82) is 0 Å². The molecule has 0 saturated carbocycles. The quantitative estimate of drug-likeness (QED) is 0.873. The maximum Gasteiger partial charge on any atom is 0.246 e. The van der Waals surface area contributed by atoms with E-state index in [4.69, 9.17) is 0 Å². The third kappa shape index (κ3) is 1.82. The molecule has 1 heterocycles. The fourth-order valence-corrected chi connectivity index (χ4v) is 3.96. The first-order chi connectivity index (χ1) is 10.7. The summed E-state index contributed by atoms with van der Waals surface area (Å²) < 4.78 is 0. The number of rotatable bonds is 1. The summed E-state index contributed by atoms with van der Waals surface area (Å²) in [4.78, 5) is 12.9. The van der Waals surface area contributed by atoms with Crippen LogP contribution in [0.25, 0.3) is 0 Å². The van der Waals surface area contributed by atoms with E-state index in [0.29, 0.717) is 0 Å². The van der Waals surface area contributed by atoms with Crippen molar-refractivity contribution in [3.05, 3.63) is 65.7 Å². The van der Waals surface area contributed by atoms with Crippen molar-refractivity contribution in [1.82, 2.24) is 5.43 Å². The van der Waals surface area contributed by atoms with Crippen LogP contribution in [0.5, 0.6) is 0 Å². The maximum absolute atomic E-state index is 12.9. The largest absolute Gasteiger partial charge is 0.273 e. The Kier molecular flexibility index (Phi) is 3.05. The van der Waals surface area contributed by atoms with Gasteiger partial charge in [-0.15, -0.1) is 0 Å². The maximum atomic E-state index is 12.9. The fraction of sp³-hybridized carbons (Fsp3) is 0.316.